The van der Waals surface area contributed by atoms with Crippen molar-refractivity contribution < 1.29 is 9.47 Å². The number of methoxy groups -OCH3 is 1. The molecule has 0 radical (unpaired) electrons. The van der Waals surface area contributed by atoms with Crippen molar-refractivity contribution in [2.75, 3.05) is 7.11 Å². The van der Waals surface area contributed by atoms with Gasteiger partial charge in [0.05, 0.1) is 7.11 Å². The molecule has 3 heterocycles. The zero-order valence-electron chi connectivity index (χ0n) is 12.6. The van der Waals surface area contributed by atoms with Gasteiger partial charge in [-0.2, -0.15) is 0 Å². The van der Waals surface area contributed by atoms with Crippen LogP contribution in [0.5, 0.6) is 11.5 Å². The molecule has 0 N–H and O–H groups in total. The van der Waals surface area contributed by atoms with Crippen molar-refractivity contribution in [2.45, 2.75) is 19.4 Å². The number of aromatic nitrogens is 3. The predicted octanol–water partition coefficient (Wildman–Crippen LogP) is 3.33. The second-order valence-corrected chi connectivity index (χ2v) is 5.74. The van der Waals surface area contributed by atoms with E-state index in [1.54, 1.807) is 13.3 Å². The zero-order valence-corrected chi connectivity index (χ0v) is 12.6. The first-order chi connectivity index (χ1) is 10.6. The van der Waals surface area contributed by atoms with E-state index in [4.69, 9.17) is 14.5 Å². The van der Waals surface area contributed by atoms with Gasteiger partial charge in [0, 0.05) is 17.8 Å². The van der Waals surface area contributed by atoms with Gasteiger partial charge in [-0.15, -0.1) is 0 Å². The topological polar surface area (TPSA) is 57.1 Å². The molecular formula is C17H15N3O2. The van der Waals surface area contributed by atoms with Crippen molar-refractivity contribution in [1.82, 2.24) is 15.0 Å². The van der Waals surface area contributed by atoms with Crippen LogP contribution in [0.4, 0.5) is 0 Å². The highest BCUT2D eigenvalue weighted by Gasteiger charge is 2.36. The minimum Gasteiger partial charge on any atom is -0.497 e. The zero-order chi connectivity index (χ0) is 15.3. The number of hydrogen-bond donors (Lipinski definition) is 0. The molecule has 0 saturated heterocycles. The third kappa shape index (κ3) is 1.82. The Morgan fingerprint density at radius 2 is 2.00 bits per heavy atom. The summed E-state index contributed by atoms with van der Waals surface area (Å²) in [6.45, 7) is 3.97. The largest absolute Gasteiger partial charge is 0.497 e. The van der Waals surface area contributed by atoms with Gasteiger partial charge in [0.25, 0.3) is 0 Å². The molecule has 0 atom stereocenters. The number of benzene rings is 1. The lowest BCUT2D eigenvalue weighted by atomic mass is 9.94. The van der Waals surface area contributed by atoms with Crippen LogP contribution in [0.2, 0.25) is 0 Å². The Morgan fingerprint density at radius 1 is 1.14 bits per heavy atom. The molecule has 0 unspecified atom stereocenters. The molecular weight excluding hydrogens is 278 g/mol. The van der Waals surface area contributed by atoms with Crippen LogP contribution in [0.3, 0.4) is 0 Å². The van der Waals surface area contributed by atoms with Crippen molar-refractivity contribution in [2.24, 2.45) is 0 Å². The molecule has 1 aliphatic heterocycles. The fourth-order valence-electron chi connectivity index (χ4n) is 2.73. The fourth-order valence-corrected chi connectivity index (χ4v) is 2.73. The summed E-state index contributed by atoms with van der Waals surface area (Å²) in [4.78, 5) is 13.7. The van der Waals surface area contributed by atoms with Gasteiger partial charge in [-0.05, 0) is 38.1 Å². The van der Waals surface area contributed by atoms with Crippen LogP contribution < -0.4 is 9.47 Å². The van der Waals surface area contributed by atoms with E-state index in [0.717, 1.165) is 34.0 Å². The minimum atomic E-state index is -0.576. The van der Waals surface area contributed by atoms with Gasteiger partial charge in [0.15, 0.2) is 5.65 Å². The van der Waals surface area contributed by atoms with Gasteiger partial charge in [-0.1, -0.05) is 0 Å². The average molecular weight is 293 g/mol. The Balaban J connectivity index is 2.04. The smallest absolute Gasteiger partial charge is 0.178 e. The van der Waals surface area contributed by atoms with E-state index < -0.39 is 5.60 Å². The molecule has 0 fully saturated rings. The van der Waals surface area contributed by atoms with Gasteiger partial charge in [-0.25, -0.2) is 15.0 Å². The van der Waals surface area contributed by atoms with Gasteiger partial charge < -0.3 is 9.47 Å². The molecule has 2 aromatic heterocycles. The SMILES string of the molecule is COc1ccc2c(c1)OC(C)(C)c1nc3ncccc3nc1-2. The van der Waals surface area contributed by atoms with Crippen molar-refractivity contribution in [3.05, 3.63) is 42.2 Å². The second kappa shape index (κ2) is 4.40. The fraction of sp³-hybridized carbons (Fsp3) is 0.235. The molecule has 5 nitrogen and oxygen atoms in total. The lowest BCUT2D eigenvalue weighted by Gasteiger charge is -2.33. The Hall–Kier alpha value is -2.69. The van der Waals surface area contributed by atoms with Gasteiger partial charge in [0.2, 0.25) is 0 Å². The molecule has 0 amide bonds. The van der Waals surface area contributed by atoms with Crippen LogP contribution in [0.25, 0.3) is 22.4 Å². The van der Waals surface area contributed by atoms with Crippen LogP contribution in [0.1, 0.15) is 19.5 Å². The molecule has 4 rings (SSSR count). The van der Waals surface area contributed by atoms with Crippen LogP contribution in [-0.4, -0.2) is 22.1 Å². The number of nitrogens with zero attached hydrogens (tertiary/aromatic N) is 3. The maximum absolute atomic E-state index is 6.13. The first kappa shape index (κ1) is 13.0. The van der Waals surface area contributed by atoms with Crippen molar-refractivity contribution in [3.63, 3.8) is 0 Å². The van der Waals surface area contributed by atoms with Crippen molar-refractivity contribution in [1.29, 1.82) is 0 Å². The highest BCUT2D eigenvalue weighted by molar-refractivity contribution is 5.79. The third-order valence-corrected chi connectivity index (χ3v) is 3.82. The summed E-state index contributed by atoms with van der Waals surface area (Å²) >= 11 is 0. The first-order valence-corrected chi connectivity index (χ1v) is 7.09. The molecule has 0 saturated carbocycles. The molecule has 1 aliphatic rings. The summed E-state index contributed by atoms with van der Waals surface area (Å²) in [5.74, 6) is 1.52. The van der Waals surface area contributed by atoms with Crippen LogP contribution in [0.15, 0.2) is 36.5 Å². The lowest BCUT2D eigenvalue weighted by molar-refractivity contribution is 0.1000. The van der Waals surface area contributed by atoms with E-state index in [9.17, 15) is 0 Å². The molecule has 1 aromatic carbocycles. The van der Waals surface area contributed by atoms with E-state index >= 15 is 0 Å². The summed E-state index contributed by atoms with van der Waals surface area (Å²) < 4.78 is 11.4. The maximum atomic E-state index is 6.13. The second-order valence-electron chi connectivity index (χ2n) is 5.74. The van der Waals surface area contributed by atoms with Gasteiger partial charge in [0.1, 0.15) is 34.0 Å². The maximum Gasteiger partial charge on any atom is 0.178 e. The standard InChI is InChI=1S/C17H15N3O2/c1-17(2)15-14(19-12-5-4-8-18-16(12)20-15)11-7-6-10(21-3)9-13(11)22-17/h4-9H,1-3H3. The summed E-state index contributed by atoms with van der Waals surface area (Å²) in [6, 6.07) is 9.53. The minimum absolute atomic E-state index is 0.576. The Bertz CT molecular complexity index is 890. The number of hydrogen-bond acceptors (Lipinski definition) is 5. The van der Waals surface area contributed by atoms with Gasteiger partial charge >= 0.3 is 0 Å². The van der Waals surface area contributed by atoms with Crippen molar-refractivity contribution >= 4 is 11.2 Å². The van der Waals surface area contributed by atoms with Crippen LogP contribution in [0, 0.1) is 0 Å². The van der Waals surface area contributed by atoms with Gasteiger partial charge in [-0.3, -0.25) is 0 Å². The van der Waals surface area contributed by atoms with E-state index in [0.29, 0.717) is 5.65 Å². The normalized spacial score (nSPS) is 14.9. The summed E-state index contributed by atoms with van der Waals surface area (Å²) in [5.41, 5.74) is 3.41. The monoisotopic (exact) mass is 293 g/mol. The average Bonchev–Trinajstić information content (AvgIpc) is 2.52. The lowest BCUT2D eigenvalue weighted by Crippen LogP contribution is -2.31. The predicted molar refractivity (Wildman–Crippen MR) is 83.0 cm³/mol. The number of fused-ring (bicyclic) bond motifs is 4. The Labute approximate surface area is 128 Å². The highest BCUT2D eigenvalue weighted by Crippen LogP contribution is 2.44. The van der Waals surface area contributed by atoms with E-state index in [-0.39, 0.29) is 0 Å². The van der Waals surface area contributed by atoms with E-state index in [1.807, 2.05) is 44.2 Å². The molecule has 110 valence electrons. The molecule has 5 heteroatoms. The van der Waals surface area contributed by atoms with Crippen LogP contribution in [-0.2, 0) is 5.60 Å². The van der Waals surface area contributed by atoms with E-state index in [1.165, 1.54) is 0 Å². The Kier molecular flexibility index (Phi) is 2.60. The first-order valence-electron chi connectivity index (χ1n) is 7.09. The quantitative estimate of drug-likeness (QED) is 0.689. The molecule has 0 bridgehead atoms. The highest BCUT2D eigenvalue weighted by atomic mass is 16.5. The molecule has 3 aromatic rings. The molecule has 22 heavy (non-hydrogen) atoms. The van der Waals surface area contributed by atoms with Crippen molar-refractivity contribution in [3.8, 4) is 22.8 Å². The number of rotatable bonds is 1. The number of pyridine rings is 1. The molecule has 0 spiro atoms. The van der Waals surface area contributed by atoms with E-state index in [2.05, 4.69) is 9.97 Å². The van der Waals surface area contributed by atoms with Crippen LogP contribution >= 0.6 is 0 Å². The Morgan fingerprint density at radius 3 is 2.82 bits per heavy atom. The third-order valence-electron chi connectivity index (χ3n) is 3.82. The molecule has 0 aliphatic carbocycles. The summed E-state index contributed by atoms with van der Waals surface area (Å²) in [5, 5.41) is 0. The summed E-state index contributed by atoms with van der Waals surface area (Å²) in [7, 11) is 1.64. The number of ether oxygens (including phenoxy) is 2. The summed E-state index contributed by atoms with van der Waals surface area (Å²) in [6.07, 6.45) is 1.72.